The van der Waals surface area contributed by atoms with E-state index >= 15 is 0 Å². The highest BCUT2D eigenvalue weighted by Gasteiger charge is 2.08. The minimum Gasteiger partial charge on any atom is -0.504 e. The molecule has 1 aromatic rings. The highest BCUT2D eigenvalue weighted by atomic mass is 79.9. The van der Waals surface area contributed by atoms with Gasteiger partial charge in [-0.15, -0.1) is 6.58 Å². The minimum atomic E-state index is 0.184. The van der Waals surface area contributed by atoms with Crippen LogP contribution in [0.5, 0.6) is 11.5 Å². The van der Waals surface area contributed by atoms with E-state index < -0.39 is 0 Å². The van der Waals surface area contributed by atoms with Crippen molar-refractivity contribution in [2.24, 2.45) is 0 Å². The Hall–Kier alpha value is -1.22. The Morgan fingerprint density at radius 1 is 1.53 bits per heavy atom. The Bertz CT molecular complexity index is 383. The molecule has 0 unspecified atom stereocenters. The van der Waals surface area contributed by atoms with Gasteiger partial charge in [-0.25, -0.2) is 0 Å². The molecule has 80 valence electrons. The number of allylic oxidation sites excluding steroid dienone is 1. The third-order valence-electron chi connectivity index (χ3n) is 2.02. The number of phenolic OH excluding ortho intramolecular Hbond substituents is 1. The van der Waals surface area contributed by atoms with Crippen LogP contribution in [0, 0.1) is 0 Å². The van der Waals surface area contributed by atoms with E-state index in [2.05, 4.69) is 22.5 Å². The number of rotatable bonds is 4. The average molecular weight is 269 g/mol. The van der Waals surface area contributed by atoms with Gasteiger partial charge >= 0.3 is 0 Å². The Morgan fingerprint density at radius 2 is 2.27 bits per heavy atom. The van der Waals surface area contributed by atoms with Crippen LogP contribution in [0.1, 0.15) is 11.1 Å². The summed E-state index contributed by atoms with van der Waals surface area (Å²) < 4.78 is 5.09. The van der Waals surface area contributed by atoms with Crippen LogP contribution >= 0.6 is 15.9 Å². The van der Waals surface area contributed by atoms with Gasteiger partial charge in [0.25, 0.3) is 0 Å². The van der Waals surface area contributed by atoms with Gasteiger partial charge in [0.05, 0.1) is 7.11 Å². The van der Waals surface area contributed by atoms with Crippen molar-refractivity contribution >= 4 is 22.0 Å². The van der Waals surface area contributed by atoms with E-state index in [1.165, 1.54) is 7.11 Å². The second-order valence-electron chi connectivity index (χ2n) is 3.02. The highest BCUT2D eigenvalue weighted by molar-refractivity contribution is 9.11. The summed E-state index contributed by atoms with van der Waals surface area (Å²) in [5, 5.41) is 9.80. The molecule has 3 heteroatoms. The summed E-state index contributed by atoms with van der Waals surface area (Å²) in [6.45, 7) is 3.65. The lowest BCUT2D eigenvalue weighted by Gasteiger charge is -2.09. The smallest absolute Gasteiger partial charge is 0.161 e. The first kappa shape index (κ1) is 11.9. The molecule has 0 spiro atoms. The van der Waals surface area contributed by atoms with Gasteiger partial charge in [0.1, 0.15) is 0 Å². The molecule has 1 N–H and O–H groups in total. The molecule has 0 bridgehead atoms. The predicted octanol–water partition coefficient (Wildman–Crippen LogP) is 3.49. The van der Waals surface area contributed by atoms with Crippen molar-refractivity contribution in [2.75, 3.05) is 7.11 Å². The standard InChI is InChI=1S/C12H13BrO2/c1-3-4-10-7-9(5-6-13)8-11(15-2)12(10)14/h3,5-8,14H,1,4H2,2H3/b6-5+. The maximum absolute atomic E-state index is 9.80. The van der Waals surface area contributed by atoms with Crippen molar-refractivity contribution in [1.82, 2.24) is 0 Å². The molecular formula is C12H13BrO2. The zero-order chi connectivity index (χ0) is 11.3. The van der Waals surface area contributed by atoms with Crippen LogP contribution in [-0.4, -0.2) is 12.2 Å². The van der Waals surface area contributed by atoms with Gasteiger partial charge in [0.2, 0.25) is 0 Å². The fourth-order valence-electron chi connectivity index (χ4n) is 1.32. The number of hydrogen-bond acceptors (Lipinski definition) is 2. The Labute approximate surface area is 98.0 Å². The van der Waals surface area contributed by atoms with E-state index in [1.807, 2.05) is 12.1 Å². The maximum Gasteiger partial charge on any atom is 0.161 e. The molecule has 0 radical (unpaired) electrons. The van der Waals surface area contributed by atoms with Crippen LogP contribution < -0.4 is 4.74 Å². The van der Waals surface area contributed by atoms with Gasteiger partial charge in [-0.05, 0) is 35.2 Å². The molecule has 0 aliphatic rings. The molecule has 0 saturated carbocycles. The molecule has 0 amide bonds. The predicted molar refractivity (Wildman–Crippen MR) is 66.5 cm³/mol. The van der Waals surface area contributed by atoms with Crippen molar-refractivity contribution in [3.8, 4) is 11.5 Å². The Morgan fingerprint density at radius 3 is 2.80 bits per heavy atom. The number of phenols is 1. The first-order valence-electron chi connectivity index (χ1n) is 4.50. The third-order valence-corrected chi connectivity index (χ3v) is 2.28. The summed E-state index contributed by atoms with van der Waals surface area (Å²) in [5.74, 6) is 0.666. The molecule has 0 atom stereocenters. The quantitative estimate of drug-likeness (QED) is 0.848. The number of halogens is 1. The summed E-state index contributed by atoms with van der Waals surface area (Å²) in [5.41, 5.74) is 1.78. The van der Waals surface area contributed by atoms with E-state index in [0.29, 0.717) is 12.2 Å². The normalized spacial score (nSPS) is 10.5. The number of hydrogen-bond donors (Lipinski definition) is 1. The number of aromatic hydroxyl groups is 1. The molecule has 0 aliphatic carbocycles. The fourth-order valence-corrected chi connectivity index (χ4v) is 1.63. The lowest BCUT2D eigenvalue weighted by molar-refractivity contribution is 0.371. The molecule has 0 aliphatic heterocycles. The highest BCUT2D eigenvalue weighted by Crippen LogP contribution is 2.32. The third kappa shape index (κ3) is 2.86. The fraction of sp³-hybridized carbons (Fsp3) is 0.167. The Kier molecular flexibility index (Phi) is 4.43. The van der Waals surface area contributed by atoms with Gasteiger partial charge < -0.3 is 9.84 Å². The zero-order valence-corrected chi connectivity index (χ0v) is 10.1. The largest absolute Gasteiger partial charge is 0.504 e. The van der Waals surface area contributed by atoms with Gasteiger partial charge in [-0.3, -0.25) is 0 Å². The van der Waals surface area contributed by atoms with Crippen LogP contribution in [-0.2, 0) is 6.42 Å². The molecule has 1 rings (SSSR count). The van der Waals surface area contributed by atoms with Crippen molar-refractivity contribution < 1.29 is 9.84 Å². The van der Waals surface area contributed by atoms with Crippen molar-refractivity contribution in [1.29, 1.82) is 0 Å². The van der Waals surface area contributed by atoms with Crippen LogP contribution in [0.3, 0.4) is 0 Å². The topological polar surface area (TPSA) is 29.5 Å². The van der Waals surface area contributed by atoms with Crippen LogP contribution in [0.4, 0.5) is 0 Å². The second-order valence-corrected chi connectivity index (χ2v) is 3.55. The molecule has 0 heterocycles. The number of benzene rings is 1. The van der Waals surface area contributed by atoms with Gasteiger partial charge in [0, 0.05) is 5.56 Å². The first-order chi connectivity index (χ1) is 7.22. The molecule has 15 heavy (non-hydrogen) atoms. The minimum absolute atomic E-state index is 0.184. The lowest BCUT2D eigenvalue weighted by atomic mass is 10.1. The monoisotopic (exact) mass is 268 g/mol. The maximum atomic E-state index is 9.80. The molecule has 0 saturated heterocycles. The van der Waals surface area contributed by atoms with Gasteiger partial charge in [-0.2, -0.15) is 0 Å². The van der Waals surface area contributed by atoms with Crippen molar-refractivity contribution in [2.45, 2.75) is 6.42 Å². The molecule has 1 aromatic carbocycles. The van der Waals surface area contributed by atoms with Crippen molar-refractivity contribution in [3.05, 3.63) is 40.9 Å². The second kappa shape index (κ2) is 5.61. The summed E-state index contributed by atoms with van der Waals surface area (Å²) >= 11 is 3.21. The van der Waals surface area contributed by atoms with Crippen LogP contribution in [0.25, 0.3) is 6.08 Å². The Balaban J connectivity index is 3.24. The average Bonchev–Trinajstić information content (AvgIpc) is 2.23. The van der Waals surface area contributed by atoms with Crippen LogP contribution in [0.15, 0.2) is 29.8 Å². The summed E-state index contributed by atoms with van der Waals surface area (Å²) in [6.07, 6.45) is 4.25. The number of ether oxygens (including phenoxy) is 1. The molecular weight excluding hydrogens is 256 g/mol. The van der Waals surface area contributed by atoms with E-state index in [-0.39, 0.29) is 5.75 Å². The molecule has 0 aromatic heterocycles. The van der Waals surface area contributed by atoms with E-state index in [4.69, 9.17) is 4.74 Å². The molecule has 0 fully saturated rings. The molecule has 2 nitrogen and oxygen atoms in total. The van der Waals surface area contributed by atoms with E-state index in [9.17, 15) is 5.11 Å². The van der Waals surface area contributed by atoms with Gasteiger partial charge in [0.15, 0.2) is 11.5 Å². The van der Waals surface area contributed by atoms with E-state index in [1.54, 1.807) is 17.1 Å². The van der Waals surface area contributed by atoms with E-state index in [0.717, 1.165) is 11.1 Å². The van der Waals surface area contributed by atoms with Crippen LogP contribution in [0.2, 0.25) is 0 Å². The summed E-state index contributed by atoms with van der Waals surface area (Å²) in [4.78, 5) is 1.76. The number of methoxy groups -OCH3 is 1. The zero-order valence-electron chi connectivity index (χ0n) is 8.53. The van der Waals surface area contributed by atoms with Gasteiger partial charge in [-0.1, -0.05) is 22.0 Å². The summed E-state index contributed by atoms with van der Waals surface area (Å²) in [6, 6.07) is 3.68. The SMILES string of the molecule is C=CCc1cc(/C=C/Br)cc(OC)c1O. The van der Waals surface area contributed by atoms with Crippen molar-refractivity contribution in [3.63, 3.8) is 0 Å². The summed E-state index contributed by atoms with van der Waals surface area (Å²) in [7, 11) is 1.54. The lowest BCUT2D eigenvalue weighted by Crippen LogP contribution is -1.90. The first-order valence-corrected chi connectivity index (χ1v) is 5.42.